The third-order valence-electron chi connectivity index (χ3n) is 4.44. The van der Waals surface area contributed by atoms with E-state index >= 15 is 0 Å². The monoisotopic (exact) mass is 290 g/mol. The first-order valence-corrected chi connectivity index (χ1v) is 7.90. The van der Waals surface area contributed by atoms with Crippen molar-refractivity contribution < 1.29 is 9.90 Å². The summed E-state index contributed by atoms with van der Waals surface area (Å²) in [5, 5.41) is 12.7. The van der Waals surface area contributed by atoms with Crippen LogP contribution >= 0.6 is 0 Å². The van der Waals surface area contributed by atoms with Gasteiger partial charge in [-0.3, -0.25) is 0 Å². The number of phenols is 1. The van der Waals surface area contributed by atoms with Crippen molar-refractivity contribution in [3.05, 3.63) is 29.8 Å². The Morgan fingerprint density at radius 1 is 1.29 bits per heavy atom. The molecule has 0 aromatic heterocycles. The summed E-state index contributed by atoms with van der Waals surface area (Å²) in [6, 6.07) is 7.29. The molecule has 4 heteroatoms. The first kappa shape index (κ1) is 15.7. The number of amides is 2. The van der Waals surface area contributed by atoms with E-state index < -0.39 is 0 Å². The molecule has 1 aliphatic rings. The fourth-order valence-electron chi connectivity index (χ4n) is 2.88. The van der Waals surface area contributed by atoms with Crippen LogP contribution in [0.2, 0.25) is 0 Å². The topological polar surface area (TPSA) is 52.6 Å². The SMILES string of the molecule is CC(c1cccc(O)c1)N(C)C(=O)NC1CCCCCC1. The summed E-state index contributed by atoms with van der Waals surface area (Å²) in [7, 11) is 1.81. The van der Waals surface area contributed by atoms with E-state index in [0.29, 0.717) is 6.04 Å². The predicted octanol–water partition coefficient (Wildman–Crippen LogP) is 3.82. The lowest BCUT2D eigenvalue weighted by Gasteiger charge is -2.28. The highest BCUT2D eigenvalue weighted by Gasteiger charge is 2.21. The minimum Gasteiger partial charge on any atom is -0.508 e. The van der Waals surface area contributed by atoms with Crippen molar-refractivity contribution >= 4 is 6.03 Å². The van der Waals surface area contributed by atoms with Crippen molar-refractivity contribution in [1.29, 1.82) is 0 Å². The van der Waals surface area contributed by atoms with Gasteiger partial charge in [0, 0.05) is 13.1 Å². The number of hydrogen-bond donors (Lipinski definition) is 2. The lowest BCUT2D eigenvalue weighted by Crippen LogP contribution is -2.43. The van der Waals surface area contributed by atoms with Crippen molar-refractivity contribution in [2.75, 3.05) is 7.05 Å². The minimum atomic E-state index is -0.0668. The van der Waals surface area contributed by atoms with Gasteiger partial charge >= 0.3 is 6.03 Å². The van der Waals surface area contributed by atoms with E-state index in [4.69, 9.17) is 0 Å². The molecule has 0 spiro atoms. The van der Waals surface area contributed by atoms with E-state index in [1.807, 2.05) is 13.0 Å². The molecule has 0 saturated heterocycles. The van der Waals surface area contributed by atoms with Gasteiger partial charge < -0.3 is 15.3 Å². The number of urea groups is 1. The highest BCUT2D eigenvalue weighted by Crippen LogP contribution is 2.23. The molecule has 1 saturated carbocycles. The fraction of sp³-hybridized carbons (Fsp3) is 0.588. The quantitative estimate of drug-likeness (QED) is 0.832. The second-order valence-electron chi connectivity index (χ2n) is 6.02. The summed E-state index contributed by atoms with van der Waals surface area (Å²) in [6.07, 6.45) is 7.14. The summed E-state index contributed by atoms with van der Waals surface area (Å²) in [5.41, 5.74) is 0.938. The molecule has 2 N–H and O–H groups in total. The number of aromatic hydroxyl groups is 1. The molecule has 1 fully saturated rings. The molecule has 4 nitrogen and oxygen atoms in total. The molecule has 0 radical (unpaired) electrons. The van der Waals surface area contributed by atoms with Gasteiger partial charge in [-0.25, -0.2) is 4.79 Å². The summed E-state index contributed by atoms with van der Waals surface area (Å²) in [4.78, 5) is 14.1. The average Bonchev–Trinajstić information content (AvgIpc) is 2.74. The Morgan fingerprint density at radius 3 is 2.57 bits per heavy atom. The van der Waals surface area contributed by atoms with E-state index in [2.05, 4.69) is 5.32 Å². The molecule has 1 unspecified atom stereocenters. The fourth-order valence-corrected chi connectivity index (χ4v) is 2.88. The van der Waals surface area contributed by atoms with Crippen LogP contribution in [0, 0.1) is 0 Å². The van der Waals surface area contributed by atoms with Crippen LogP contribution in [0.3, 0.4) is 0 Å². The molecule has 2 rings (SSSR count). The summed E-state index contributed by atoms with van der Waals surface area (Å²) in [5.74, 6) is 0.233. The Bertz CT molecular complexity index is 468. The van der Waals surface area contributed by atoms with Gasteiger partial charge in [0.05, 0.1) is 6.04 Å². The van der Waals surface area contributed by atoms with E-state index in [0.717, 1.165) is 18.4 Å². The third kappa shape index (κ3) is 4.38. The number of phenolic OH excluding ortho intramolecular Hbond substituents is 1. The largest absolute Gasteiger partial charge is 0.508 e. The van der Waals surface area contributed by atoms with Crippen molar-refractivity contribution in [3.8, 4) is 5.75 Å². The molecule has 1 aromatic carbocycles. The van der Waals surface area contributed by atoms with Crippen LogP contribution in [-0.2, 0) is 0 Å². The van der Waals surface area contributed by atoms with Crippen LogP contribution in [-0.4, -0.2) is 29.1 Å². The van der Waals surface area contributed by atoms with E-state index in [-0.39, 0.29) is 17.8 Å². The number of hydrogen-bond acceptors (Lipinski definition) is 2. The maximum absolute atomic E-state index is 12.4. The molecule has 1 atom stereocenters. The third-order valence-corrected chi connectivity index (χ3v) is 4.44. The van der Waals surface area contributed by atoms with Crippen LogP contribution in [0.15, 0.2) is 24.3 Å². The summed E-state index contributed by atoms with van der Waals surface area (Å²) < 4.78 is 0. The summed E-state index contributed by atoms with van der Waals surface area (Å²) in [6.45, 7) is 1.97. The number of carbonyl (C=O) groups is 1. The molecule has 0 bridgehead atoms. The van der Waals surface area contributed by atoms with Crippen LogP contribution in [0.4, 0.5) is 4.79 Å². The van der Waals surface area contributed by atoms with Crippen molar-refractivity contribution in [2.24, 2.45) is 0 Å². The Labute approximate surface area is 127 Å². The Hall–Kier alpha value is -1.71. The Morgan fingerprint density at radius 2 is 1.95 bits per heavy atom. The molecule has 2 amide bonds. The van der Waals surface area contributed by atoms with E-state index in [9.17, 15) is 9.90 Å². The molecule has 1 aromatic rings. The molecule has 21 heavy (non-hydrogen) atoms. The predicted molar refractivity (Wildman–Crippen MR) is 84.3 cm³/mol. The number of rotatable bonds is 3. The summed E-state index contributed by atoms with van der Waals surface area (Å²) >= 11 is 0. The zero-order chi connectivity index (χ0) is 15.2. The van der Waals surface area contributed by atoms with Crippen LogP contribution < -0.4 is 5.32 Å². The normalized spacial score (nSPS) is 17.8. The lowest BCUT2D eigenvalue weighted by molar-refractivity contribution is 0.189. The minimum absolute atomic E-state index is 0.0299. The second kappa shape index (κ2) is 7.34. The first-order chi connectivity index (χ1) is 10.1. The lowest BCUT2D eigenvalue weighted by atomic mass is 10.1. The maximum atomic E-state index is 12.4. The standard InChI is InChI=1S/C17H26N2O2/c1-13(14-8-7-11-16(20)12-14)19(2)17(21)18-15-9-5-3-4-6-10-15/h7-8,11-13,15,20H,3-6,9-10H2,1-2H3,(H,18,21). The molecule has 116 valence electrons. The highest BCUT2D eigenvalue weighted by atomic mass is 16.3. The van der Waals surface area contributed by atoms with E-state index in [1.54, 1.807) is 30.1 Å². The molecular formula is C17H26N2O2. The van der Waals surface area contributed by atoms with Crippen LogP contribution in [0.5, 0.6) is 5.75 Å². The number of nitrogens with zero attached hydrogens (tertiary/aromatic N) is 1. The van der Waals surface area contributed by atoms with Gasteiger partial charge in [0.2, 0.25) is 0 Å². The number of benzene rings is 1. The van der Waals surface area contributed by atoms with Gasteiger partial charge in [-0.05, 0) is 37.5 Å². The van der Waals surface area contributed by atoms with Gasteiger partial charge in [-0.15, -0.1) is 0 Å². The van der Waals surface area contributed by atoms with Crippen molar-refractivity contribution in [2.45, 2.75) is 57.5 Å². The Kier molecular flexibility index (Phi) is 5.48. The zero-order valence-corrected chi connectivity index (χ0v) is 13.0. The van der Waals surface area contributed by atoms with Crippen molar-refractivity contribution in [1.82, 2.24) is 10.2 Å². The zero-order valence-electron chi connectivity index (χ0n) is 13.0. The van der Waals surface area contributed by atoms with Gasteiger partial charge in [0.15, 0.2) is 0 Å². The van der Waals surface area contributed by atoms with Gasteiger partial charge in [-0.2, -0.15) is 0 Å². The molecule has 1 aliphatic carbocycles. The van der Waals surface area contributed by atoms with E-state index in [1.165, 1.54) is 25.7 Å². The molecule has 0 aliphatic heterocycles. The van der Waals surface area contributed by atoms with Crippen LogP contribution in [0.1, 0.15) is 57.1 Å². The van der Waals surface area contributed by atoms with Crippen molar-refractivity contribution in [3.63, 3.8) is 0 Å². The maximum Gasteiger partial charge on any atom is 0.317 e. The highest BCUT2D eigenvalue weighted by molar-refractivity contribution is 5.74. The number of carbonyl (C=O) groups excluding carboxylic acids is 1. The van der Waals surface area contributed by atoms with Gasteiger partial charge in [-0.1, -0.05) is 37.8 Å². The van der Waals surface area contributed by atoms with Gasteiger partial charge in [0.1, 0.15) is 5.75 Å². The Balaban J connectivity index is 1.94. The van der Waals surface area contributed by atoms with Crippen LogP contribution in [0.25, 0.3) is 0 Å². The molecule has 0 heterocycles. The number of nitrogens with one attached hydrogen (secondary N) is 1. The first-order valence-electron chi connectivity index (χ1n) is 7.90. The molecular weight excluding hydrogens is 264 g/mol. The smallest absolute Gasteiger partial charge is 0.317 e. The second-order valence-corrected chi connectivity index (χ2v) is 6.02. The average molecular weight is 290 g/mol. The van der Waals surface area contributed by atoms with Gasteiger partial charge in [0.25, 0.3) is 0 Å².